The zero-order valence-corrected chi connectivity index (χ0v) is 22.0. The number of carbonyl (C=O) groups excluding carboxylic acids is 1. The minimum atomic E-state index is -0.942. The predicted octanol–water partition coefficient (Wildman–Crippen LogP) is 4.65. The van der Waals surface area contributed by atoms with Gasteiger partial charge in [0.1, 0.15) is 6.23 Å². The number of aliphatic hydroxyl groups excluding tert-OH is 1. The van der Waals surface area contributed by atoms with Gasteiger partial charge in [0.15, 0.2) is 29.3 Å². The van der Waals surface area contributed by atoms with Gasteiger partial charge in [-0.3, -0.25) is 10.1 Å². The number of aliphatic hydroxyl groups is 1. The van der Waals surface area contributed by atoms with Crippen LogP contribution in [0.3, 0.4) is 0 Å². The molecule has 0 aliphatic carbocycles. The molecule has 0 radical (unpaired) electrons. The van der Waals surface area contributed by atoms with Gasteiger partial charge in [0.05, 0.1) is 14.2 Å². The van der Waals surface area contributed by atoms with Crippen molar-refractivity contribution in [3.63, 3.8) is 0 Å². The van der Waals surface area contributed by atoms with E-state index in [0.717, 1.165) is 12.8 Å². The second-order valence-corrected chi connectivity index (χ2v) is 8.68. The van der Waals surface area contributed by atoms with Crippen molar-refractivity contribution in [1.29, 1.82) is 0 Å². The lowest BCUT2D eigenvalue weighted by Crippen LogP contribution is -2.34. The summed E-state index contributed by atoms with van der Waals surface area (Å²) in [5, 5.41) is 16.2. The molecule has 3 unspecified atom stereocenters. The normalized spacial score (nSPS) is 16.2. The highest BCUT2D eigenvalue weighted by Crippen LogP contribution is 2.27. The maximum absolute atomic E-state index is 10.8. The Morgan fingerprint density at radius 3 is 2.08 bits per heavy atom. The van der Waals surface area contributed by atoms with E-state index in [1.54, 1.807) is 26.4 Å². The number of unbranched alkanes of at least 4 members (excludes halogenated alkanes) is 2. The molecule has 1 fully saturated rings. The molecule has 1 amide bonds. The van der Waals surface area contributed by atoms with Crippen molar-refractivity contribution < 1.29 is 28.8 Å². The molecule has 1 saturated heterocycles. The van der Waals surface area contributed by atoms with E-state index in [2.05, 4.69) is 17.6 Å². The Kier molecular flexibility index (Phi) is 13.5. The zero-order chi connectivity index (χ0) is 26.2. The van der Waals surface area contributed by atoms with E-state index < -0.39 is 6.29 Å². The Morgan fingerprint density at radius 2 is 1.56 bits per heavy atom. The van der Waals surface area contributed by atoms with Crippen molar-refractivity contribution in [3.8, 4) is 23.0 Å². The van der Waals surface area contributed by atoms with E-state index in [-0.39, 0.29) is 12.1 Å². The van der Waals surface area contributed by atoms with Gasteiger partial charge in [-0.15, -0.1) is 0 Å². The van der Waals surface area contributed by atoms with Crippen molar-refractivity contribution >= 4 is 5.91 Å². The first kappa shape index (κ1) is 29.3. The van der Waals surface area contributed by atoms with Crippen molar-refractivity contribution in [2.75, 3.05) is 20.8 Å². The molecule has 0 bridgehead atoms. The van der Waals surface area contributed by atoms with Crippen LogP contribution in [0.4, 0.5) is 0 Å². The molecule has 0 saturated carbocycles. The molecule has 2 aromatic carbocycles. The average molecular weight is 503 g/mol. The minimum Gasteiger partial charge on any atom is -0.493 e. The van der Waals surface area contributed by atoms with Crippen LogP contribution in [0.1, 0.15) is 58.8 Å². The Hall–Kier alpha value is -2.97. The highest BCUT2D eigenvalue weighted by molar-refractivity contribution is 5.78. The number of methoxy groups -OCH3 is 2. The third kappa shape index (κ3) is 10.7. The van der Waals surface area contributed by atoms with Crippen molar-refractivity contribution in [3.05, 3.63) is 48.5 Å². The van der Waals surface area contributed by atoms with Crippen molar-refractivity contribution in [2.24, 2.45) is 0 Å². The monoisotopic (exact) mass is 502 g/mol. The van der Waals surface area contributed by atoms with Gasteiger partial charge in [-0.25, -0.2) is 0 Å². The lowest BCUT2D eigenvalue weighted by molar-refractivity contribution is -0.119. The molecule has 8 nitrogen and oxygen atoms in total. The molecule has 0 spiro atoms. The number of carbonyl (C=O) groups is 1. The van der Waals surface area contributed by atoms with Gasteiger partial charge < -0.3 is 29.4 Å². The molecule has 3 atom stereocenters. The molecule has 3 rings (SSSR count). The standard InChI is InChI=1S/C19H25NO5.C9H17NO/c1-14(24-17-10-6-4-8-15(17)22-2)20-13-12-19(21)25-18-11-7-5-9-16(18)23-3;1-2-3-4-5-8-6-7-9(11)10-8/h4-11,14,19-21H,12-13H2,1-3H3;8H,2-7H2,1H3,(H,10,11). The van der Waals surface area contributed by atoms with E-state index in [4.69, 9.17) is 18.9 Å². The molecular formula is C28H42N2O6. The topological polar surface area (TPSA) is 98.3 Å². The second-order valence-electron chi connectivity index (χ2n) is 8.68. The molecule has 2 aromatic rings. The summed E-state index contributed by atoms with van der Waals surface area (Å²) < 4.78 is 21.7. The van der Waals surface area contributed by atoms with Gasteiger partial charge >= 0.3 is 0 Å². The van der Waals surface area contributed by atoms with Gasteiger partial charge in [-0.1, -0.05) is 50.5 Å². The maximum Gasteiger partial charge on any atom is 0.220 e. The van der Waals surface area contributed by atoms with Crippen LogP contribution in [-0.4, -0.2) is 50.3 Å². The number of rotatable bonds is 14. The molecule has 1 heterocycles. The fourth-order valence-corrected chi connectivity index (χ4v) is 3.81. The van der Waals surface area contributed by atoms with E-state index in [9.17, 15) is 9.90 Å². The quantitative estimate of drug-likeness (QED) is 0.255. The number of para-hydroxylation sites is 4. The molecule has 1 aliphatic rings. The summed E-state index contributed by atoms with van der Waals surface area (Å²) in [6, 6.07) is 15.2. The summed E-state index contributed by atoms with van der Waals surface area (Å²) in [6.45, 7) is 4.61. The Bertz CT molecular complexity index is 838. The van der Waals surface area contributed by atoms with Crippen LogP contribution in [-0.2, 0) is 4.79 Å². The van der Waals surface area contributed by atoms with Crippen LogP contribution in [0.25, 0.3) is 0 Å². The molecular weight excluding hydrogens is 460 g/mol. The summed E-state index contributed by atoms with van der Waals surface area (Å²) in [4.78, 5) is 10.8. The number of benzene rings is 2. The largest absolute Gasteiger partial charge is 0.493 e. The summed E-state index contributed by atoms with van der Waals surface area (Å²) in [7, 11) is 3.17. The molecule has 200 valence electrons. The number of ether oxygens (including phenoxy) is 4. The summed E-state index contributed by atoms with van der Waals surface area (Å²) in [5.41, 5.74) is 0. The number of hydrogen-bond donors (Lipinski definition) is 3. The maximum atomic E-state index is 10.8. The van der Waals surface area contributed by atoms with Crippen LogP contribution in [0.15, 0.2) is 48.5 Å². The fourth-order valence-electron chi connectivity index (χ4n) is 3.81. The molecule has 36 heavy (non-hydrogen) atoms. The van der Waals surface area contributed by atoms with Crippen molar-refractivity contribution in [2.45, 2.75) is 77.4 Å². The third-order valence-corrected chi connectivity index (χ3v) is 5.77. The summed E-state index contributed by atoms with van der Waals surface area (Å²) >= 11 is 0. The lowest BCUT2D eigenvalue weighted by atomic mass is 10.1. The SMILES string of the molecule is CCCCCC1CCC(=O)N1.COc1ccccc1OC(O)CCNC(C)Oc1ccccc1OC. The molecule has 1 aliphatic heterocycles. The predicted molar refractivity (Wildman–Crippen MR) is 141 cm³/mol. The van der Waals surface area contributed by atoms with E-state index in [1.165, 1.54) is 25.7 Å². The van der Waals surface area contributed by atoms with E-state index >= 15 is 0 Å². The molecule has 3 N–H and O–H groups in total. The molecule has 0 aromatic heterocycles. The van der Waals surface area contributed by atoms with Crippen molar-refractivity contribution in [1.82, 2.24) is 10.6 Å². The van der Waals surface area contributed by atoms with Gasteiger partial charge in [0.25, 0.3) is 0 Å². The Balaban J connectivity index is 0.000000346. The van der Waals surface area contributed by atoms with Crippen LogP contribution in [0, 0.1) is 0 Å². The highest BCUT2D eigenvalue weighted by Gasteiger charge is 2.19. The first-order valence-electron chi connectivity index (χ1n) is 12.8. The lowest BCUT2D eigenvalue weighted by Gasteiger charge is -2.19. The van der Waals surface area contributed by atoms with Crippen LogP contribution < -0.4 is 29.6 Å². The Morgan fingerprint density at radius 1 is 0.972 bits per heavy atom. The number of nitrogens with one attached hydrogen (secondary N) is 2. The van der Waals surface area contributed by atoms with E-state index in [0.29, 0.717) is 42.0 Å². The smallest absolute Gasteiger partial charge is 0.220 e. The first-order chi connectivity index (χ1) is 17.5. The number of hydrogen-bond acceptors (Lipinski definition) is 7. The highest BCUT2D eigenvalue weighted by atomic mass is 16.6. The molecule has 8 heteroatoms. The number of amides is 1. The van der Waals surface area contributed by atoms with Gasteiger partial charge in [0, 0.05) is 25.4 Å². The second kappa shape index (κ2) is 16.7. The Labute approximate surface area is 215 Å². The summed E-state index contributed by atoms with van der Waals surface area (Å²) in [5.74, 6) is 2.68. The summed E-state index contributed by atoms with van der Waals surface area (Å²) in [6.07, 6.45) is 6.03. The average Bonchev–Trinajstić information content (AvgIpc) is 3.30. The van der Waals surface area contributed by atoms with E-state index in [1.807, 2.05) is 43.3 Å². The van der Waals surface area contributed by atoms with Gasteiger partial charge in [0.2, 0.25) is 5.91 Å². The van der Waals surface area contributed by atoms with Gasteiger partial charge in [-0.05, 0) is 44.0 Å². The van der Waals surface area contributed by atoms with Crippen LogP contribution >= 0.6 is 0 Å². The van der Waals surface area contributed by atoms with Crippen LogP contribution in [0.2, 0.25) is 0 Å². The fraction of sp³-hybridized carbons (Fsp3) is 0.536. The van der Waals surface area contributed by atoms with Gasteiger partial charge in [-0.2, -0.15) is 0 Å². The zero-order valence-electron chi connectivity index (χ0n) is 22.0. The first-order valence-corrected chi connectivity index (χ1v) is 12.8. The third-order valence-electron chi connectivity index (χ3n) is 5.77. The van der Waals surface area contributed by atoms with Crippen LogP contribution in [0.5, 0.6) is 23.0 Å². The minimum absolute atomic E-state index is 0.241.